The number of hydrogen-bond donors (Lipinski definition) is 1. The molecule has 1 heterocycles. The molecule has 0 radical (unpaired) electrons. The molecule has 0 unspecified atom stereocenters. The third-order valence-electron chi connectivity index (χ3n) is 5.94. The van der Waals surface area contributed by atoms with Crippen molar-refractivity contribution in [3.05, 3.63) is 64.9 Å². The van der Waals surface area contributed by atoms with Gasteiger partial charge >= 0.3 is 0 Å². The zero-order valence-corrected chi connectivity index (χ0v) is 18.8. The third kappa shape index (κ3) is 4.74. The molecule has 162 valence electrons. The number of amides is 1. The lowest BCUT2D eigenvalue weighted by molar-refractivity contribution is -0.124. The Morgan fingerprint density at radius 3 is 2.65 bits per heavy atom. The molecular weight excluding hydrogens is 408 g/mol. The van der Waals surface area contributed by atoms with Gasteiger partial charge in [0, 0.05) is 11.6 Å². The molecule has 0 atom stereocenters. The van der Waals surface area contributed by atoms with Gasteiger partial charge in [0.05, 0.1) is 7.11 Å². The van der Waals surface area contributed by atoms with Crippen LogP contribution in [0.2, 0.25) is 0 Å². The Labute approximate surface area is 189 Å². The Morgan fingerprint density at radius 2 is 1.90 bits per heavy atom. The van der Waals surface area contributed by atoms with E-state index in [9.17, 15) is 4.79 Å². The van der Waals surface area contributed by atoms with E-state index < -0.39 is 0 Å². The van der Waals surface area contributed by atoms with Crippen molar-refractivity contribution >= 4 is 29.3 Å². The van der Waals surface area contributed by atoms with Crippen molar-refractivity contribution in [3.8, 4) is 11.5 Å². The fraction of sp³-hybridized carbons (Fsp3) is 0.360. The first-order valence-corrected chi connectivity index (χ1v) is 11.2. The monoisotopic (exact) mass is 436 g/mol. The topological polar surface area (TPSA) is 50.8 Å². The summed E-state index contributed by atoms with van der Waals surface area (Å²) in [6.07, 6.45) is 7.43. The van der Waals surface area contributed by atoms with Gasteiger partial charge in [-0.3, -0.25) is 9.69 Å². The van der Waals surface area contributed by atoms with Gasteiger partial charge in [0.15, 0.2) is 5.11 Å². The number of carbonyl (C=O) groups excluding carboxylic acids is 1. The fourth-order valence-electron chi connectivity index (χ4n) is 4.26. The van der Waals surface area contributed by atoms with E-state index in [0.29, 0.717) is 17.4 Å². The Balaban J connectivity index is 1.53. The number of thiocarbonyl (C=S) groups is 1. The van der Waals surface area contributed by atoms with E-state index in [1.807, 2.05) is 55.5 Å². The maximum atomic E-state index is 13.0. The molecule has 1 N–H and O–H groups in total. The smallest absolute Gasteiger partial charge is 0.276 e. The summed E-state index contributed by atoms with van der Waals surface area (Å²) < 4.78 is 11.5. The highest BCUT2D eigenvalue weighted by Gasteiger charge is 2.36. The fourth-order valence-corrected chi connectivity index (χ4v) is 4.60. The van der Waals surface area contributed by atoms with E-state index in [1.54, 1.807) is 12.0 Å². The van der Waals surface area contributed by atoms with E-state index in [2.05, 4.69) is 5.32 Å². The summed E-state index contributed by atoms with van der Waals surface area (Å²) in [4.78, 5) is 14.8. The van der Waals surface area contributed by atoms with Gasteiger partial charge in [0.25, 0.3) is 5.91 Å². The molecule has 2 aliphatic rings. The lowest BCUT2D eigenvalue weighted by atomic mass is 9.94. The quantitative estimate of drug-likeness (QED) is 0.512. The highest BCUT2D eigenvalue weighted by Crippen LogP contribution is 2.28. The minimum Gasteiger partial charge on any atom is -0.496 e. The van der Waals surface area contributed by atoms with Gasteiger partial charge in [-0.2, -0.15) is 0 Å². The number of nitrogens with zero attached hydrogens (tertiary/aromatic N) is 1. The molecule has 2 aromatic rings. The molecule has 2 fully saturated rings. The van der Waals surface area contributed by atoms with Crippen LogP contribution in [0.25, 0.3) is 6.08 Å². The molecule has 4 rings (SSSR count). The van der Waals surface area contributed by atoms with E-state index in [0.717, 1.165) is 53.9 Å². The zero-order valence-electron chi connectivity index (χ0n) is 18.0. The number of aryl methyl sites for hydroxylation is 1. The standard InChI is InChI=1S/C25H28N2O3S/c1-17-8-6-7-11-22(17)30-16-19-14-18(12-13-23(19)29-2)15-21-24(28)27(25(31)26-21)20-9-4-3-5-10-20/h6-8,11-15,20H,3-5,9-10,16H2,1-2H3,(H,26,31)/b21-15+. The van der Waals surface area contributed by atoms with Crippen molar-refractivity contribution in [1.29, 1.82) is 0 Å². The van der Waals surface area contributed by atoms with Crippen LogP contribution in [0.4, 0.5) is 0 Å². The Kier molecular flexibility index (Phi) is 6.56. The first-order valence-electron chi connectivity index (χ1n) is 10.8. The van der Waals surface area contributed by atoms with E-state index in [1.165, 1.54) is 6.42 Å². The number of para-hydroxylation sites is 1. The van der Waals surface area contributed by atoms with Crippen molar-refractivity contribution in [2.45, 2.75) is 51.7 Å². The molecule has 31 heavy (non-hydrogen) atoms. The highest BCUT2D eigenvalue weighted by atomic mass is 32.1. The van der Waals surface area contributed by atoms with Crippen molar-refractivity contribution in [2.24, 2.45) is 0 Å². The van der Waals surface area contributed by atoms with E-state index in [4.69, 9.17) is 21.7 Å². The van der Waals surface area contributed by atoms with Crippen molar-refractivity contribution in [1.82, 2.24) is 10.2 Å². The summed E-state index contributed by atoms with van der Waals surface area (Å²) in [7, 11) is 1.65. The third-order valence-corrected chi connectivity index (χ3v) is 6.24. The first-order chi connectivity index (χ1) is 15.1. The Morgan fingerprint density at radius 1 is 1.13 bits per heavy atom. The van der Waals surface area contributed by atoms with Gasteiger partial charge < -0.3 is 14.8 Å². The minimum absolute atomic E-state index is 0.0366. The van der Waals surface area contributed by atoms with Crippen LogP contribution in [-0.4, -0.2) is 29.1 Å². The number of hydrogen-bond acceptors (Lipinski definition) is 4. The number of nitrogens with one attached hydrogen (secondary N) is 1. The van der Waals surface area contributed by atoms with Crippen LogP contribution in [0.1, 0.15) is 48.8 Å². The Hall–Kier alpha value is -2.86. The van der Waals surface area contributed by atoms with Crippen LogP contribution in [0.15, 0.2) is 48.2 Å². The number of benzene rings is 2. The summed E-state index contributed by atoms with van der Waals surface area (Å²) in [5.41, 5.74) is 3.41. The summed E-state index contributed by atoms with van der Waals surface area (Å²) in [6.45, 7) is 2.39. The molecular formula is C25H28N2O3S. The summed E-state index contributed by atoms with van der Waals surface area (Å²) in [5.74, 6) is 1.56. The number of carbonyl (C=O) groups is 1. The average Bonchev–Trinajstić information content (AvgIpc) is 3.06. The van der Waals surface area contributed by atoms with Crippen LogP contribution in [0.3, 0.4) is 0 Å². The normalized spacial score (nSPS) is 18.4. The second kappa shape index (κ2) is 9.52. The molecule has 0 aromatic heterocycles. The predicted molar refractivity (Wildman–Crippen MR) is 126 cm³/mol. The van der Waals surface area contributed by atoms with Gasteiger partial charge in [-0.1, -0.05) is 43.5 Å². The lowest BCUT2D eigenvalue weighted by Crippen LogP contribution is -2.41. The summed E-state index contributed by atoms with van der Waals surface area (Å²) in [6, 6.07) is 14.0. The molecule has 0 spiro atoms. The molecule has 1 aliphatic carbocycles. The first kappa shape index (κ1) is 21.4. The molecule has 1 saturated heterocycles. The van der Waals surface area contributed by atoms with Gasteiger partial charge in [0.2, 0.25) is 0 Å². The maximum absolute atomic E-state index is 13.0. The number of methoxy groups -OCH3 is 1. The zero-order chi connectivity index (χ0) is 21.8. The van der Waals surface area contributed by atoms with Crippen LogP contribution in [-0.2, 0) is 11.4 Å². The molecule has 6 heteroatoms. The highest BCUT2D eigenvalue weighted by molar-refractivity contribution is 7.80. The minimum atomic E-state index is -0.0366. The van der Waals surface area contributed by atoms with Crippen LogP contribution in [0.5, 0.6) is 11.5 Å². The van der Waals surface area contributed by atoms with Crippen LogP contribution >= 0.6 is 12.2 Å². The molecule has 1 aliphatic heterocycles. The Bertz CT molecular complexity index is 1010. The van der Waals surface area contributed by atoms with Crippen molar-refractivity contribution in [3.63, 3.8) is 0 Å². The predicted octanol–water partition coefficient (Wildman–Crippen LogP) is 4.97. The van der Waals surface area contributed by atoms with Crippen LogP contribution in [0, 0.1) is 6.92 Å². The summed E-state index contributed by atoms with van der Waals surface area (Å²) >= 11 is 5.48. The molecule has 5 nitrogen and oxygen atoms in total. The second-order valence-electron chi connectivity index (χ2n) is 8.08. The molecule has 2 aromatic carbocycles. The van der Waals surface area contributed by atoms with Crippen molar-refractivity contribution in [2.75, 3.05) is 7.11 Å². The number of rotatable bonds is 6. The van der Waals surface area contributed by atoms with E-state index >= 15 is 0 Å². The van der Waals surface area contributed by atoms with Gasteiger partial charge in [-0.15, -0.1) is 0 Å². The molecule has 1 amide bonds. The van der Waals surface area contributed by atoms with Crippen LogP contribution < -0.4 is 14.8 Å². The maximum Gasteiger partial charge on any atom is 0.276 e. The summed E-state index contributed by atoms with van der Waals surface area (Å²) in [5, 5.41) is 3.63. The van der Waals surface area contributed by atoms with Gasteiger partial charge in [-0.25, -0.2) is 0 Å². The average molecular weight is 437 g/mol. The number of ether oxygens (including phenoxy) is 2. The van der Waals surface area contributed by atoms with Gasteiger partial charge in [-0.05, 0) is 67.4 Å². The molecule has 1 saturated carbocycles. The van der Waals surface area contributed by atoms with Crippen molar-refractivity contribution < 1.29 is 14.3 Å². The van der Waals surface area contributed by atoms with Gasteiger partial charge in [0.1, 0.15) is 23.8 Å². The largest absolute Gasteiger partial charge is 0.496 e. The van der Waals surface area contributed by atoms with E-state index in [-0.39, 0.29) is 11.9 Å². The second-order valence-corrected chi connectivity index (χ2v) is 8.47. The lowest BCUT2D eigenvalue weighted by Gasteiger charge is -2.29. The molecule has 0 bridgehead atoms. The SMILES string of the molecule is COc1ccc(/C=C2/NC(=S)N(C3CCCCC3)C2=O)cc1COc1ccccc1C.